The van der Waals surface area contributed by atoms with Crippen LogP contribution in [0.5, 0.6) is 0 Å². The second kappa shape index (κ2) is 30.7. The molecule has 0 spiro atoms. The van der Waals surface area contributed by atoms with Crippen molar-refractivity contribution in [2.24, 2.45) is 28.4 Å². The molecule has 5 atom stereocenters. The zero-order valence-electron chi connectivity index (χ0n) is 44.0. The molecule has 2 aliphatic heterocycles. The number of hydrogen-bond donors (Lipinski definition) is 4. The molecule has 2 aliphatic rings. The molecule has 11 nitrogen and oxygen atoms in total. The summed E-state index contributed by atoms with van der Waals surface area (Å²) >= 11 is 0. The van der Waals surface area contributed by atoms with Gasteiger partial charge in [0.1, 0.15) is 12.4 Å². The van der Waals surface area contributed by atoms with Crippen molar-refractivity contribution >= 4 is 12.4 Å². The number of ether oxygens (including phenoxy) is 3. The van der Waals surface area contributed by atoms with E-state index in [1.165, 1.54) is 28.7 Å². The topological polar surface area (TPSA) is 139 Å². The Hall–Kier alpha value is -5.24. The van der Waals surface area contributed by atoms with Gasteiger partial charge in [-0.3, -0.25) is 9.80 Å². The molecule has 390 valence electrons. The third-order valence-corrected chi connectivity index (χ3v) is 13.2. The molecule has 0 saturated carbocycles. The number of alkyl carbamates (subject to hydrolysis) is 1. The van der Waals surface area contributed by atoms with E-state index in [4.69, 9.17) is 19.9 Å². The molecule has 0 aromatic heterocycles. The number of aliphatic hydroxyl groups is 1. The van der Waals surface area contributed by atoms with E-state index in [-0.39, 0.29) is 30.3 Å². The van der Waals surface area contributed by atoms with Gasteiger partial charge in [0.15, 0.2) is 6.29 Å². The third-order valence-electron chi connectivity index (χ3n) is 13.2. The van der Waals surface area contributed by atoms with E-state index in [2.05, 4.69) is 157 Å². The van der Waals surface area contributed by atoms with Crippen LogP contribution in [0.15, 0.2) is 152 Å². The Morgan fingerprint density at radius 2 is 1.15 bits per heavy atom. The van der Waals surface area contributed by atoms with Crippen LogP contribution in [0, 0.1) is 22.7 Å². The maximum absolute atomic E-state index is 12.2. The monoisotopic (exact) mass is 984 g/mol. The van der Waals surface area contributed by atoms with Crippen LogP contribution in [-0.2, 0) is 51.6 Å². The largest absolute Gasteiger partial charge is 0.443 e. The Kier molecular flexibility index (Phi) is 24.6. The molecular formula is C61H85N5O6. The maximum Gasteiger partial charge on any atom is 0.407 e. The summed E-state index contributed by atoms with van der Waals surface area (Å²) in [5.41, 5.74) is 12.0. The van der Waals surface area contributed by atoms with Gasteiger partial charge in [-0.2, -0.15) is 0 Å². The Morgan fingerprint density at radius 3 is 1.58 bits per heavy atom. The van der Waals surface area contributed by atoms with Crippen molar-refractivity contribution in [1.82, 2.24) is 20.4 Å². The van der Waals surface area contributed by atoms with E-state index in [1.807, 2.05) is 56.3 Å². The normalized spacial score (nSPS) is 17.3. The number of benzene rings is 5. The van der Waals surface area contributed by atoms with Gasteiger partial charge in [0.2, 0.25) is 0 Å². The molecule has 1 amide bonds. The molecule has 7 rings (SSSR count). The van der Waals surface area contributed by atoms with E-state index in [1.54, 1.807) is 0 Å². The number of nitrogens with zero attached hydrogens (tertiary/aromatic N) is 2. The van der Waals surface area contributed by atoms with Gasteiger partial charge in [0, 0.05) is 44.7 Å². The fourth-order valence-electron chi connectivity index (χ4n) is 8.73. The first-order valence-corrected chi connectivity index (χ1v) is 26.1. The van der Waals surface area contributed by atoms with Crippen LogP contribution in [-0.4, -0.2) is 97.8 Å². The highest BCUT2D eigenvalue weighted by molar-refractivity contribution is 5.68. The van der Waals surface area contributed by atoms with Crippen LogP contribution in [0.1, 0.15) is 88.6 Å². The summed E-state index contributed by atoms with van der Waals surface area (Å²) in [6.07, 6.45) is 2.43. The van der Waals surface area contributed by atoms with Crippen LogP contribution in [0.4, 0.5) is 4.79 Å². The van der Waals surface area contributed by atoms with Crippen LogP contribution in [0.3, 0.4) is 0 Å². The summed E-state index contributed by atoms with van der Waals surface area (Å²) in [4.78, 5) is 28.4. The third kappa shape index (κ3) is 21.9. The molecule has 11 heteroatoms. The molecule has 5 N–H and O–H groups in total. The second-order valence-electron chi connectivity index (χ2n) is 21.4. The van der Waals surface area contributed by atoms with Gasteiger partial charge >= 0.3 is 6.09 Å². The quantitative estimate of drug-likeness (QED) is 0.0418. The van der Waals surface area contributed by atoms with Crippen molar-refractivity contribution < 1.29 is 28.9 Å². The van der Waals surface area contributed by atoms with E-state index in [0.717, 1.165) is 77.0 Å². The molecule has 2 saturated heterocycles. The Bertz CT molecular complexity index is 2130. The Balaban J connectivity index is 0.000000201. The lowest BCUT2D eigenvalue weighted by atomic mass is 9.88. The number of aliphatic hydroxyl groups excluding tert-OH is 1. The number of hydrogen-bond acceptors (Lipinski definition) is 10. The van der Waals surface area contributed by atoms with Crippen LogP contribution in [0.25, 0.3) is 0 Å². The van der Waals surface area contributed by atoms with Gasteiger partial charge in [-0.05, 0) is 84.5 Å². The van der Waals surface area contributed by atoms with Gasteiger partial charge in [-0.25, -0.2) is 4.79 Å². The first-order chi connectivity index (χ1) is 34.7. The highest BCUT2D eigenvalue weighted by Gasteiger charge is 2.44. The number of aldehydes is 1. The van der Waals surface area contributed by atoms with Crippen molar-refractivity contribution in [3.63, 3.8) is 0 Å². The van der Waals surface area contributed by atoms with Crippen LogP contribution in [0.2, 0.25) is 0 Å². The van der Waals surface area contributed by atoms with Gasteiger partial charge in [-0.15, -0.1) is 0 Å². The highest BCUT2D eigenvalue weighted by Crippen LogP contribution is 2.33. The number of carbonyl (C=O) groups is 2. The highest BCUT2D eigenvalue weighted by atomic mass is 16.7. The number of fused-ring (bicyclic) bond motifs is 1. The number of rotatable bonds is 25. The van der Waals surface area contributed by atoms with E-state index >= 15 is 0 Å². The molecule has 0 radical (unpaired) electrons. The number of amides is 1. The second-order valence-corrected chi connectivity index (χ2v) is 21.4. The van der Waals surface area contributed by atoms with Crippen molar-refractivity contribution in [2.75, 3.05) is 45.9 Å². The fraction of sp³-hybridized carbons (Fsp3) is 0.475. The molecule has 2 fully saturated rings. The van der Waals surface area contributed by atoms with Crippen molar-refractivity contribution in [2.45, 2.75) is 118 Å². The van der Waals surface area contributed by atoms with Gasteiger partial charge in [-0.1, -0.05) is 193 Å². The Labute approximate surface area is 431 Å². The predicted octanol–water partition coefficient (Wildman–Crippen LogP) is 10.1. The lowest BCUT2D eigenvalue weighted by Crippen LogP contribution is -2.49. The number of nitrogens with one attached hydrogen (secondary N) is 2. The summed E-state index contributed by atoms with van der Waals surface area (Å²) in [5, 5.41) is 16.5. The average Bonchev–Trinajstić information content (AvgIpc) is 4.02. The molecular weight excluding hydrogens is 899 g/mol. The van der Waals surface area contributed by atoms with E-state index in [0.29, 0.717) is 31.0 Å². The summed E-state index contributed by atoms with van der Waals surface area (Å²) in [5.74, 6) is 0.793. The van der Waals surface area contributed by atoms with E-state index in [9.17, 15) is 14.7 Å². The predicted molar refractivity (Wildman–Crippen MR) is 291 cm³/mol. The van der Waals surface area contributed by atoms with Crippen molar-refractivity contribution in [3.8, 4) is 0 Å². The molecule has 72 heavy (non-hydrogen) atoms. The standard InChI is InChI=1S/C24H36N2.C20H25NO.C17H24N2O5/c1-21(2)17-25-20-24(3,4)15-16-26(18-22-11-7-5-8-12-22)19-23-13-9-6-10-14-23;1-20(2,17-22)13-14-21(15-18-9-5-3-6-10-18)16-19-11-7-4-8-12-19;18-9-14(20)13(8-11-4-2-1-3-5-11)19-17(21)24-15-10-23-16-12(15)6-7-22-16/h5-14,21,25H,15-20H2,1-4H3;3-12,17H,13-16H2,1-2H3;1-5,12-16,20H,6-10,18H2,(H,19,21)/t;;12?,13-,14?,15?,16?/m..0/s1. The van der Waals surface area contributed by atoms with Gasteiger partial charge in [0.25, 0.3) is 0 Å². The summed E-state index contributed by atoms with van der Waals surface area (Å²) in [6.45, 7) is 22.3. The van der Waals surface area contributed by atoms with Gasteiger partial charge in [0.05, 0.1) is 31.3 Å². The molecule has 2 heterocycles. The fourth-order valence-corrected chi connectivity index (χ4v) is 8.73. The first-order valence-electron chi connectivity index (χ1n) is 26.1. The Morgan fingerprint density at radius 1 is 0.708 bits per heavy atom. The molecule has 0 bridgehead atoms. The lowest BCUT2D eigenvalue weighted by Gasteiger charge is -2.30. The van der Waals surface area contributed by atoms with Crippen LogP contribution < -0.4 is 16.4 Å². The average molecular weight is 984 g/mol. The molecule has 5 aromatic carbocycles. The molecule has 5 aromatic rings. The summed E-state index contributed by atoms with van der Waals surface area (Å²) in [7, 11) is 0. The van der Waals surface area contributed by atoms with E-state index < -0.39 is 18.2 Å². The molecule has 0 aliphatic carbocycles. The number of carbonyl (C=O) groups excluding carboxylic acids is 2. The van der Waals surface area contributed by atoms with Crippen molar-refractivity contribution in [3.05, 3.63) is 179 Å². The number of nitrogens with two attached hydrogens (primary N) is 1. The SMILES string of the molecule is CC(C)(C=O)CCN(Cc1ccccc1)Cc1ccccc1.CC(C)CNCC(C)(C)CCN(Cc1ccccc1)Cc1ccccc1.NCC(O)[C@H](Cc1ccccc1)NC(=O)OC1COC2OCCC12. The summed E-state index contributed by atoms with van der Waals surface area (Å²) in [6, 6.07) is 51.8. The van der Waals surface area contributed by atoms with Crippen LogP contribution >= 0.6 is 0 Å². The molecule has 4 unspecified atom stereocenters. The smallest absolute Gasteiger partial charge is 0.407 e. The zero-order chi connectivity index (χ0) is 51.6. The van der Waals surface area contributed by atoms with Crippen molar-refractivity contribution in [1.29, 1.82) is 0 Å². The minimum Gasteiger partial charge on any atom is -0.443 e. The zero-order valence-corrected chi connectivity index (χ0v) is 44.0. The minimum atomic E-state index is -0.847. The summed E-state index contributed by atoms with van der Waals surface area (Å²) < 4.78 is 16.4. The first kappa shape index (κ1) is 57.7. The lowest BCUT2D eigenvalue weighted by molar-refractivity contribution is -0.115. The minimum absolute atomic E-state index is 0.0584. The van der Waals surface area contributed by atoms with Gasteiger partial charge < -0.3 is 40.5 Å². The maximum atomic E-state index is 12.2.